The molecule has 1 unspecified atom stereocenters. The van der Waals surface area contributed by atoms with Crippen LogP contribution < -0.4 is 9.60 Å². The van der Waals surface area contributed by atoms with E-state index in [1.807, 2.05) is 0 Å². The predicted molar refractivity (Wildman–Crippen MR) is 80.6 cm³/mol. The van der Waals surface area contributed by atoms with Gasteiger partial charge in [-0.3, -0.25) is 4.90 Å². The number of nitrogens with one attached hydrogen (secondary N) is 1. The SMILES string of the molecule is CCCCCCCCC[NH+]1C=CC=C1CCCC.[F-]. The third-order valence-electron chi connectivity index (χ3n) is 3.86. The van der Waals surface area contributed by atoms with Crippen molar-refractivity contribution >= 4 is 0 Å². The fourth-order valence-electron chi connectivity index (χ4n) is 2.62. The lowest BCUT2D eigenvalue weighted by Gasteiger charge is -2.14. The molecule has 0 radical (unpaired) electrons. The summed E-state index contributed by atoms with van der Waals surface area (Å²) in [6.07, 6.45) is 20.7. The summed E-state index contributed by atoms with van der Waals surface area (Å²) in [4.78, 5) is 1.62. The minimum absolute atomic E-state index is 0. The van der Waals surface area contributed by atoms with Gasteiger partial charge in [0.1, 0.15) is 5.70 Å². The number of hydrogen-bond donors (Lipinski definition) is 1. The molecule has 0 spiro atoms. The van der Waals surface area contributed by atoms with Crippen molar-refractivity contribution < 1.29 is 9.60 Å². The van der Waals surface area contributed by atoms with Gasteiger partial charge in [-0.15, -0.1) is 0 Å². The van der Waals surface area contributed by atoms with Gasteiger partial charge >= 0.3 is 0 Å². The summed E-state index contributed by atoms with van der Waals surface area (Å²) >= 11 is 0. The molecule has 0 saturated carbocycles. The van der Waals surface area contributed by atoms with Crippen LogP contribution in [0.1, 0.15) is 78.1 Å². The Kier molecular flexibility index (Phi) is 12.0. The van der Waals surface area contributed by atoms with E-state index in [9.17, 15) is 0 Å². The molecule has 0 amide bonds. The van der Waals surface area contributed by atoms with Gasteiger partial charge in [0.2, 0.25) is 0 Å². The van der Waals surface area contributed by atoms with Gasteiger partial charge in [0.15, 0.2) is 0 Å². The molecule has 0 aromatic rings. The summed E-state index contributed by atoms with van der Waals surface area (Å²) in [7, 11) is 0. The fourth-order valence-corrected chi connectivity index (χ4v) is 2.62. The molecule has 112 valence electrons. The summed E-state index contributed by atoms with van der Waals surface area (Å²) in [6, 6.07) is 0. The van der Waals surface area contributed by atoms with E-state index in [0.29, 0.717) is 0 Å². The van der Waals surface area contributed by atoms with Crippen molar-refractivity contribution in [1.29, 1.82) is 0 Å². The van der Waals surface area contributed by atoms with Crippen LogP contribution in [-0.2, 0) is 0 Å². The predicted octanol–water partition coefficient (Wildman–Crippen LogP) is 1.23. The molecular formula is C17H32FN. The first-order valence-corrected chi connectivity index (χ1v) is 8.12. The fraction of sp³-hybridized carbons (Fsp3) is 0.765. The molecule has 2 heteroatoms. The van der Waals surface area contributed by atoms with E-state index in [2.05, 4.69) is 32.2 Å². The van der Waals surface area contributed by atoms with E-state index in [1.165, 1.54) is 70.8 Å². The lowest BCUT2D eigenvalue weighted by molar-refractivity contribution is -0.804. The minimum Gasteiger partial charge on any atom is -1.00 e. The monoisotopic (exact) mass is 269 g/mol. The second kappa shape index (κ2) is 12.4. The third-order valence-corrected chi connectivity index (χ3v) is 3.86. The Morgan fingerprint density at radius 3 is 2.16 bits per heavy atom. The molecule has 1 heterocycles. The van der Waals surface area contributed by atoms with Crippen molar-refractivity contribution in [1.82, 2.24) is 0 Å². The summed E-state index contributed by atoms with van der Waals surface area (Å²) < 4.78 is 0. The summed E-state index contributed by atoms with van der Waals surface area (Å²) in [5.41, 5.74) is 1.61. The van der Waals surface area contributed by atoms with Crippen LogP contribution in [0, 0.1) is 0 Å². The van der Waals surface area contributed by atoms with Gasteiger partial charge in [-0.05, 0) is 25.3 Å². The Morgan fingerprint density at radius 1 is 0.842 bits per heavy atom. The maximum Gasteiger partial charge on any atom is 0.112 e. The first kappa shape index (κ1) is 18.4. The Balaban J connectivity index is 0.00000324. The standard InChI is InChI=1S/C17H31N.FH/c1-3-5-7-8-9-10-11-15-18-16-12-14-17(18)13-6-4-2;/h12,14,16H,3-11,13,15H2,1-2H3;1H. The second-order valence-corrected chi connectivity index (χ2v) is 5.55. The van der Waals surface area contributed by atoms with E-state index >= 15 is 0 Å². The average Bonchev–Trinajstić information content (AvgIpc) is 2.83. The molecule has 1 rings (SSSR count). The maximum absolute atomic E-state index is 2.34. The highest BCUT2D eigenvalue weighted by Crippen LogP contribution is 2.07. The molecule has 19 heavy (non-hydrogen) atoms. The highest BCUT2D eigenvalue weighted by Gasteiger charge is 2.15. The highest BCUT2D eigenvalue weighted by molar-refractivity contribution is 5.10. The van der Waals surface area contributed by atoms with Gasteiger partial charge in [0.05, 0.1) is 12.7 Å². The minimum atomic E-state index is 0. The Hall–Kier alpha value is -0.630. The molecule has 1 nitrogen and oxygen atoms in total. The van der Waals surface area contributed by atoms with Gasteiger partial charge in [-0.25, -0.2) is 0 Å². The topological polar surface area (TPSA) is 4.44 Å². The lowest BCUT2D eigenvalue weighted by atomic mass is 10.1. The normalized spacial score (nSPS) is 17.4. The van der Waals surface area contributed by atoms with Gasteiger partial charge in [-0.1, -0.05) is 52.4 Å². The molecule has 0 aromatic carbocycles. The van der Waals surface area contributed by atoms with Gasteiger partial charge in [0, 0.05) is 12.5 Å². The van der Waals surface area contributed by atoms with Crippen molar-refractivity contribution in [2.24, 2.45) is 0 Å². The van der Waals surface area contributed by atoms with Crippen LogP contribution in [0.5, 0.6) is 0 Å². The van der Waals surface area contributed by atoms with Crippen LogP contribution >= 0.6 is 0 Å². The van der Waals surface area contributed by atoms with Gasteiger partial charge in [-0.2, -0.15) is 0 Å². The molecule has 1 aliphatic rings. The van der Waals surface area contributed by atoms with Crippen LogP contribution in [-0.4, -0.2) is 6.54 Å². The number of allylic oxidation sites excluding steroid dienone is 3. The zero-order valence-electron chi connectivity index (χ0n) is 12.9. The number of hydrogen-bond acceptors (Lipinski definition) is 0. The molecule has 1 atom stereocenters. The summed E-state index contributed by atoms with van der Waals surface area (Å²) in [5.74, 6) is 0. The van der Waals surface area contributed by atoms with E-state index in [1.54, 1.807) is 10.6 Å². The molecule has 1 N–H and O–H groups in total. The van der Waals surface area contributed by atoms with Crippen LogP contribution in [0.15, 0.2) is 24.0 Å². The van der Waals surface area contributed by atoms with Crippen molar-refractivity contribution in [3.63, 3.8) is 0 Å². The first-order valence-electron chi connectivity index (χ1n) is 8.12. The second-order valence-electron chi connectivity index (χ2n) is 5.55. The van der Waals surface area contributed by atoms with Crippen molar-refractivity contribution in [2.75, 3.05) is 6.54 Å². The number of unbranched alkanes of at least 4 members (excludes halogenated alkanes) is 7. The molecule has 1 aliphatic heterocycles. The Labute approximate surface area is 119 Å². The van der Waals surface area contributed by atoms with Crippen LogP contribution in [0.2, 0.25) is 0 Å². The Morgan fingerprint density at radius 2 is 1.47 bits per heavy atom. The zero-order valence-corrected chi connectivity index (χ0v) is 12.9. The van der Waals surface area contributed by atoms with Crippen molar-refractivity contribution in [3.05, 3.63) is 24.0 Å². The van der Waals surface area contributed by atoms with Crippen LogP contribution in [0.25, 0.3) is 0 Å². The Bertz CT molecular complexity index is 258. The molecule has 0 bridgehead atoms. The summed E-state index contributed by atoms with van der Waals surface area (Å²) in [5, 5.41) is 0. The highest BCUT2D eigenvalue weighted by atomic mass is 19.0. The van der Waals surface area contributed by atoms with E-state index in [0.717, 1.165) is 0 Å². The average molecular weight is 269 g/mol. The number of rotatable bonds is 11. The van der Waals surface area contributed by atoms with Gasteiger partial charge in [0.25, 0.3) is 0 Å². The lowest BCUT2D eigenvalue weighted by Crippen LogP contribution is -3.04. The largest absolute Gasteiger partial charge is 1.00 e. The first-order chi connectivity index (χ1) is 8.88. The molecule has 0 fully saturated rings. The van der Waals surface area contributed by atoms with Crippen molar-refractivity contribution in [2.45, 2.75) is 78.1 Å². The smallest absolute Gasteiger partial charge is 0.112 e. The summed E-state index contributed by atoms with van der Waals surface area (Å²) in [6.45, 7) is 5.87. The number of quaternary nitrogens is 1. The molecular weight excluding hydrogens is 237 g/mol. The third kappa shape index (κ3) is 8.20. The maximum atomic E-state index is 2.34. The van der Waals surface area contributed by atoms with Crippen molar-refractivity contribution in [3.8, 4) is 0 Å². The number of halogens is 1. The molecule has 0 aliphatic carbocycles. The van der Waals surface area contributed by atoms with Crippen LogP contribution in [0.3, 0.4) is 0 Å². The van der Waals surface area contributed by atoms with E-state index < -0.39 is 0 Å². The van der Waals surface area contributed by atoms with Crippen LogP contribution in [0.4, 0.5) is 0 Å². The quantitative estimate of drug-likeness (QED) is 0.538. The zero-order chi connectivity index (χ0) is 13.1. The van der Waals surface area contributed by atoms with E-state index in [4.69, 9.17) is 0 Å². The van der Waals surface area contributed by atoms with Gasteiger partial charge < -0.3 is 4.70 Å². The molecule has 0 aromatic heterocycles. The molecule has 0 saturated heterocycles. The van der Waals surface area contributed by atoms with E-state index in [-0.39, 0.29) is 4.70 Å².